The lowest BCUT2D eigenvalue weighted by Crippen LogP contribution is -2.15. The summed E-state index contributed by atoms with van der Waals surface area (Å²) < 4.78 is 13.0. The SMILES string of the molecule is Cc1nc(CC(=O)Nc2cc(Cl)ccc2Sc2ccc(F)cc2)cs1. The predicted molar refractivity (Wildman–Crippen MR) is 101 cm³/mol. The third-order valence-corrected chi connectivity index (χ3v) is 5.41. The Balaban J connectivity index is 1.76. The quantitative estimate of drug-likeness (QED) is 0.616. The first-order valence-corrected chi connectivity index (χ1v) is 9.51. The fraction of sp³-hybridized carbons (Fsp3) is 0.111. The van der Waals surface area contributed by atoms with E-state index in [1.807, 2.05) is 18.4 Å². The fourth-order valence-electron chi connectivity index (χ4n) is 2.17. The van der Waals surface area contributed by atoms with E-state index in [1.165, 1.54) is 35.2 Å². The molecule has 0 saturated heterocycles. The molecule has 3 rings (SSSR count). The van der Waals surface area contributed by atoms with Crippen LogP contribution in [0.4, 0.5) is 10.1 Å². The Bertz CT molecular complexity index is 896. The van der Waals surface area contributed by atoms with Crippen molar-refractivity contribution in [3.63, 3.8) is 0 Å². The Kier molecular flexibility index (Phi) is 5.73. The topological polar surface area (TPSA) is 42.0 Å². The van der Waals surface area contributed by atoms with Crippen molar-refractivity contribution in [1.82, 2.24) is 4.98 Å². The maximum absolute atomic E-state index is 13.0. The average molecular weight is 393 g/mol. The van der Waals surface area contributed by atoms with Crippen molar-refractivity contribution in [3.05, 3.63) is 69.4 Å². The van der Waals surface area contributed by atoms with Gasteiger partial charge in [0.15, 0.2) is 0 Å². The molecule has 128 valence electrons. The molecular weight excluding hydrogens is 379 g/mol. The van der Waals surface area contributed by atoms with Gasteiger partial charge in [-0.05, 0) is 49.4 Å². The minimum Gasteiger partial charge on any atom is -0.325 e. The summed E-state index contributed by atoms with van der Waals surface area (Å²) in [6.07, 6.45) is 0.206. The van der Waals surface area contributed by atoms with E-state index < -0.39 is 0 Å². The first-order valence-electron chi connectivity index (χ1n) is 7.43. The molecule has 1 amide bonds. The molecule has 3 aromatic rings. The molecule has 0 aliphatic rings. The number of nitrogens with zero attached hydrogens (tertiary/aromatic N) is 1. The van der Waals surface area contributed by atoms with Crippen LogP contribution in [-0.2, 0) is 11.2 Å². The molecule has 1 N–H and O–H groups in total. The zero-order chi connectivity index (χ0) is 17.8. The van der Waals surface area contributed by atoms with Crippen LogP contribution in [0, 0.1) is 12.7 Å². The lowest BCUT2D eigenvalue weighted by molar-refractivity contribution is -0.115. The Hall–Kier alpha value is -1.89. The van der Waals surface area contributed by atoms with Gasteiger partial charge in [0.25, 0.3) is 0 Å². The summed E-state index contributed by atoms with van der Waals surface area (Å²) in [6, 6.07) is 11.5. The number of carbonyl (C=O) groups is 1. The number of aromatic nitrogens is 1. The number of aryl methyl sites for hydroxylation is 1. The molecule has 0 saturated carbocycles. The molecule has 7 heteroatoms. The maximum Gasteiger partial charge on any atom is 0.230 e. The molecule has 2 aromatic carbocycles. The van der Waals surface area contributed by atoms with Gasteiger partial charge in [0.2, 0.25) is 5.91 Å². The van der Waals surface area contributed by atoms with E-state index in [0.717, 1.165) is 20.5 Å². The molecule has 0 atom stereocenters. The second-order valence-electron chi connectivity index (χ2n) is 5.28. The number of nitrogens with one attached hydrogen (secondary N) is 1. The van der Waals surface area contributed by atoms with Crippen LogP contribution < -0.4 is 5.32 Å². The van der Waals surface area contributed by atoms with E-state index in [0.29, 0.717) is 10.7 Å². The highest BCUT2D eigenvalue weighted by Crippen LogP contribution is 2.35. The highest BCUT2D eigenvalue weighted by Gasteiger charge is 2.11. The Morgan fingerprint density at radius 3 is 2.72 bits per heavy atom. The van der Waals surface area contributed by atoms with Crippen molar-refractivity contribution < 1.29 is 9.18 Å². The summed E-state index contributed by atoms with van der Waals surface area (Å²) in [5.74, 6) is -0.443. The molecule has 25 heavy (non-hydrogen) atoms. The number of amides is 1. The van der Waals surface area contributed by atoms with Gasteiger partial charge in [0, 0.05) is 20.2 Å². The van der Waals surface area contributed by atoms with E-state index in [9.17, 15) is 9.18 Å². The molecule has 0 fully saturated rings. The average Bonchev–Trinajstić information content (AvgIpc) is 2.97. The van der Waals surface area contributed by atoms with Crippen LogP contribution >= 0.6 is 34.7 Å². The molecule has 1 heterocycles. The van der Waals surface area contributed by atoms with Crippen molar-refractivity contribution in [2.24, 2.45) is 0 Å². The lowest BCUT2D eigenvalue weighted by Gasteiger charge is -2.11. The lowest BCUT2D eigenvalue weighted by atomic mass is 10.3. The highest BCUT2D eigenvalue weighted by atomic mass is 35.5. The summed E-state index contributed by atoms with van der Waals surface area (Å²) in [7, 11) is 0. The van der Waals surface area contributed by atoms with Gasteiger partial charge in [-0.1, -0.05) is 23.4 Å². The maximum atomic E-state index is 13.0. The zero-order valence-corrected chi connectivity index (χ0v) is 15.6. The Morgan fingerprint density at radius 2 is 2.04 bits per heavy atom. The van der Waals surface area contributed by atoms with Crippen molar-refractivity contribution in [2.45, 2.75) is 23.1 Å². The van der Waals surface area contributed by atoms with E-state index in [2.05, 4.69) is 10.3 Å². The van der Waals surface area contributed by atoms with Gasteiger partial charge in [0.1, 0.15) is 5.82 Å². The molecule has 0 radical (unpaired) electrons. The minimum atomic E-state index is -0.285. The predicted octanol–water partition coefficient (Wildman–Crippen LogP) is 5.58. The first kappa shape index (κ1) is 17.9. The number of halogens is 2. The van der Waals surface area contributed by atoms with Crippen molar-refractivity contribution in [1.29, 1.82) is 0 Å². The van der Waals surface area contributed by atoms with Crippen LogP contribution in [-0.4, -0.2) is 10.9 Å². The zero-order valence-electron chi connectivity index (χ0n) is 13.3. The highest BCUT2D eigenvalue weighted by molar-refractivity contribution is 7.99. The van der Waals surface area contributed by atoms with Crippen LogP contribution in [0.15, 0.2) is 57.6 Å². The summed E-state index contributed by atoms with van der Waals surface area (Å²) in [6.45, 7) is 1.90. The smallest absolute Gasteiger partial charge is 0.230 e. The fourth-order valence-corrected chi connectivity index (χ4v) is 3.83. The second-order valence-corrected chi connectivity index (χ2v) is 7.89. The van der Waals surface area contributed by atoms with Crippen LogP contribution in [0.3, 0.4) is 0 Å². The van der Waals surface area contributed by atoms with E-state index >= 15 is 0 Å². The van der Waals surface area contributed by atoms with Gasteiger partial charge in [-0.3, -0.25) is 4.79 Å². The molecule has 0 aliphatic heterocycles. The van der Waals surface area contributed by atoms with Gasteiger partial charge in [-0.15, -0.1) is 11.3 Å². The van der Waals surface area contributed by atoms with Gasteiger partial charge in [0.05, 0.1) is 22.8 Å². The van der Waals surface area contributed by atoms with Crippen LogP contribution in [0.5, 0.6) is 0 Å². The second kappa shape index (κ2) is 7.99. The largest absolute Gasteiger partial charge is 0.325 e. The van der Waals surface area contributed by atoms with Crippen molar-refractivity contribution in [2.75, 3.05) is 5.32 Å². The monoisotopic (exact) mass is 392 g/mol. The summed E-state index contributed by atoms with van der Waals surface area (Å²) in [4.78, 5) is 18.3. The summed E-state index contributed by atoms with van der Waals surface area (Å²) in [5, 5.41) is 6.22. The third kappa shape index (κ3) is 5.04. The van der Waals surface area contributed by atoms with Gasteiger partial charge >= 0.3 is 0 Å². The number of hydrogen-bond acceptors (Lipinski definition) is 4. The van der Waals surface area contributed by atoms with Crippen LogP contribution in [0.2, 0.25) is 5.02 Å². The third-order valence-electron chi connectivity index (χ3n) is 3.27. The number of carbonyl (C=O) groups excluding carboxylic acids is 1. The molecule has 0 bridgehead atoms. The van der Waals surface area contributed by atoms with Crippen molar-refractivity contribution >= 4 is 46.3 Å². The van der Waals surface area contributed by atoms with Gasteiger partial charge in [-0.2, -0.15) is 0 Å². The molecule has 0 unspecified atom stereocenters. The molecule has 1 aromatic heterocycles. The van der Waals surface area contributed by atoms with Gasteiger partial charge < -0.3 is 5.32 Å². The number of thiazole rings is 1. The molecule has 3 nitrogen and oxygen atoms in total. The van der Waals surface area contributed by atoms with Crippen molar-refractivity contribution in [3.8, 4) is 0 Å². The summed E-state index contributed by atoms with van der Waals surface area (Å²) >= 11 is 9.01. The number of hydrogen-bond donors (Lipinski definition) is 1. The summed E-state index contributed by atoms with van der Waals surface area (Å²) in [5.41, 5.74) is 1.37. The number of anilines is 1. The molecular formula is C18H14ClFN2OS2. The molecule has 0 aliphatic carbocycles. The van der Waals surface area contributed by atoms with Crippen LogP contribution in [0.25, 0.3) is 0 Å². The van der Waals surface area contributed by atoms with Crippen LogP contribution in [0.1, 0.15) is 10.7 Å². The van der Waals surface area contributed by atoms with E-state index in [-0.39, 0.29) is 18.1 Å². The molecule has 0 spiro atoms. The first-order chi connectivity index (χ1) is 12.0. The van der Waals surface area contributed by atoms with E-state index in [4.69, 9.17) is 11.6 Å². The van der Waals surface area contributed by atoms with Gasteiger partial charge in [-0.25, -0.2) is 9.37 Å². The van der Waals surface area contributed by atoms with E-state index in [1.54, 1.807) is 24.3 Å². The number of benzene rings is 2. The Morgan fingerprint density at radius 1 is 1.28 bits per heavy atom. The minimum absolute atomic E-state index is 0.159. The Labute approximate surface area is 158 Å². The normalized spacial score (nSPS) is 10.7. The number of rotatable bonds is 5. The standard InChI is InChI=1S/C18H14ClFN2OS2/c1-11-21-14(10-24-11)9-18(23)22-16-8-12(19)2-7-17(16)25-15-5-3-13(20)4-6-15/h2-8,10H,9H2,1H3,(H,22,23).